The van der Waals surface area contributed by atoms with E-state index in [1.807, 2.05) is 66.7 Å². The van der Waals surface area contributed by atoms with E-state index in [0.717, 1.165) is 22.2 Å². The Bertz CT molecular complexity index is 1230. The Kier molecular flexibility index (Phi) is 7.26. The Morgan fingerprint density at radius 3 is 2.33 bits per heavy atom. The van der Waals surface area contributed by atoms with Crippen molar-refractivity contribution in [2.75, 3.05) is 25.3 Å². The molecule has 4 rings (SSSR count). The van der Waals surface area contributed by atoms with E-state index in [9.17, 15) is 4.79 Å². The highest BCUT2D eigenvalue weighted by Gasteiger charge is 2.12. The lowest BCUT2D eigenvalue weighted by molar-refractivity contribution is -0.118. The first-order valence-corrected chi connectivity index (χ1v) is 11.3. The number of carbonyl (C=O) groups excluding carboxylic acids is 1. The number of hydrogen-bond acceptors (Lipinski definition) is 7. The summed E-state index contributed by atoms with van der Waals surface area (Å²) in [4.78, 5) is 21.6. The summed E-state index contributed by atoms with van der Waals surface area (Å²) in [6, 6.07) is 23.1. The maximum Gasteiger partial charge on any atom is 0.230 e. The summed E-state index contributed by atoms with van der Waals surface area (Å²) in [7, 11) is 3.21. The lowest BCUT2D eigenvalue weighted by Gasteiger charge is -2.13. The number of carbonyl (C=O) groups is 1. The summed E-state index contributed by atoms with van der Waals surface area (Å²) >= 11 is 1.29. The lowest BCUT2D eigenvalue weighted by Crippen LogP contribution is -2.24. The van der Waals surface area contributed by atoms with E-state index in [1.54, 1.807) is 20.3 Å². The van der Waals surface area contributed by atoms with Gasteiger partial charge in [-0.1, -0.05) is 54.2 Å². The number of ether oxygens (including phenoxy) is 2. The maximum atomic E-state index is 12.3. The number of benzene rings is 3. The number of nitrogens with zero attached hydrogens (tertiary/aromatic N) is 2. The Balaban J connectivity index is 1.51. The van der Waals surface area contributed by atoms with Gasteiger partial charge in [-0.15, -0.1) is 0 Å². The van der Waals surface area contributed by atoms with Crippen LogP contribution in [0.2, 0.25) is 0 Å². The van der Waals surface area contributed by atoms with Gasteiger partial charge in [0.15, 0.2) is 5.16 Å². The zero-order chi connectivity index (χ0) is 23.0. The number of hydrogen-bond donors (Lipinski definition) is 2. The van der Waals surface area contributed by atoms with Gasteiger partial charge in [0, 0.05) is 35.8 Å². The number of aromatic nitrogens is 2. The quantitative estimate of drug-likeness (QED) is 0.274. The number of anilines is 2. The highest BCUT2D eigenvalue weighted by atomic mass is 32.2. The van der Waals surface area contributed by atoms with Gasteiger partial charge in [-0.25, -0.2) is 9.97 Å². The van der Waals surface area contributed by atoms with E-state index >= 15 is 0 Å². The number of nitrogens with one attached hydrogen (secondary N) is 2. The minimum atomic E-state index is -0.0762. The largest absolute Gasteiger partial charge is 0.497 e. The van der Waals surface area contributed by atoms with Gasteiger partial charge in [-0.05, 0) is 17.7 Å². The number of rotatable bonds is 9. The van der Waals surface area contributed by atoms with Crippen LogP contribution in [0.5, 0.6) is 11.5 Å². The van der Waals surface area contributed by atoms with Crippen LogP contribution < -0.4 is 20.1 Å². The topological polar surface area (TPSA) is 85.4 Å². The SMILES string of the molecule is COc1cc(Nc2nc(SCC(=O)NCc3ccccc3)nc3ccccc23)cc(OC)c1. The fourth-order valence-corrected chi connectivity index (χ4v) is 3.89. The first kappa shape index (κ1) is 22.4. The number of para-hydroxylation sites is 1. The van der Waals surface area contributed by atoms with Crippen molar-refractivity contribution in [1.29, 1.82) is 0 Å². The molecule has 0 aliphatic heterocycles. The molecule has 0 spiro atoms. The first-order valence-electron chi connectivity index (χ1n) is 10.3. The monoisotopic (exact) mass is 460 g/mol. The number of thioether (sulfide) groups is 1. The predicted octanol–water partition coefficient (Wildman–Crippen LogP) is 4.80. The smallest absolute Gasteiger partial charge is 0.230 e. The van der Waals surface area contributed by atoms with Crippen LogP contribution in [-0.4, -0.2) is 35.8 Å². The van der Waals surface area contributed by atoms with Crippen molar-refractivity contribution >= 4 is 40.1 Å². The molecule has 1 aromatic heterocycles. The molecule has 0 saturated heterocycles. The van der Waals surface area contributed by atoms with Crippen LogP contribution in [0.3, 0.4) is 0 Å². The lowest BCUT2D eigenvalue weighted by atomic mass is 10.2. The van der Waals surface area contributed by atoms with E-state index < -0.39 is 0 Å². The van der Waals surface area contributed by atoms with Crippen LogP contribution in [0.15, 0.2) is 78.0 Å². The molecule has 0 bridgehead atoms. The molecule has 168 valence electrons. The average molecular weight is 461 g/mol. The summed E-state index contributed by atoms with van der Waals surface area (Å²) in [5.74, 6) is 2.12. The molecule has 33 heavy (non-hydrogen) atoms. The minimum absolute atomic E-state index is 0.0762. The maximum absolute atomic E-state index is 12.3. The van der Waals surface area contributed by atoms with E-state index in [2.05, 4.69) is 20.6 Å². The van der Waals surface area contributed by atoms with E-state index in [1.165, 1.54) is 11.8 Å². The van der Waals surface area contributed by atoms with Crippen molar-refractivity contribution in [3.63, 3.8) is 0 Å². The van der Waals surface area contributed by atoms with Crippen molar-refractivity contribution in [3.05, 3.63) is 78.4 Å². The second-order valence-electron chi connectivity index (χ2n) is 7.15. The van der Waals surface area contributed by atoms with E-state index in [-0.39, 0.29) is 11.7 Å². The molecule has 4 aromatic rings. The molecule has 2 N–H and O–H groups in total. The van der Waals surface area contributed by atoms with Crippen molar-refractivity contribution in [3.8, 4) is 11.5 Å². The Morgan fingerprint density at radius 2 is 1.61 bits per heavy atom. The van der Waals surface area contributed by atoms with Gasteiger partial charge < -0.3 is 20.1 Å². The summed E-state index contributed by atoms with van der Waals surface area (Å²) in [6.45, 7) is 0.489. The molecule has 8 heteroatoms. The Labute approximate surface area is 196 Å². The summed E-state index contributed by atoms with van der Waals surface area (Å²) in [5.41, 5.74) is 2.61. The van der Waals surface area contributed by atoms with Crippen LogP contribution >= 0.6 is 11.8 Å². The van der Waals surface area contributed by atoms with E-state index in [0.29, 0.717) is 29.0 Å². The highest BCUT2D eigenvalue weighted by molar-refractivity contribution is 7.99. The first-order chi connectivity index (χ1) is 16.1. The minimum Gasteiger partial charge on any atom is -0.497 e. The number of fused-ring (bicyclic) bond motifs is 1. The van der Waals surface area contributed by atoms with Crippen LogP contribution in [0.25, 0.3) is 10.9 Å². The molecule has 7 nitrogen and oxygen atoms in total. The molecule has 1 heterocycles. The highest BCUT2D eigenvalue weighted by Crippen LogP contribution is 2.31. The third-order valence-corrected chi connectivity index (χ3v) is 5.71. The molecule has 0 saturated carbocycles. The standard InChI is InChI=1S/C25H24N4O3S/c1-31-19-12-18(13-20(14-19)32-2)27-24-21-10-6-7-11-22(21)28-25(29-24)33-16-23(30)26-15-17-8-4-3-5-9-17/h3-14H,15-16H2,1-2H3,(H,26,30)(H,27,28,29). The average Bonchev–Trinajstić information content (AvgIpc) is 2.86. The van der Waals surface area contributed by atoms with Crippen LogP contribution in [-0.2, 0) is 11.3 Å². The fraction of sp³-hybridized carbons (Fsp3) is 0.160. The summed E-state index contributed by atoms with van der Waals surface area (Å²) in [5, 5.41) is 7.66. The van der Waals surface area contributed by atoms with Crippen LogP contribution in [0.1, 0.15) is 5.56 Å². The molecule has 3 aromatic carbocycles. The molecular formula is C25H24N4O3S. The molecule has 1 amide bonds. The summed E-state index contributed by atoms with van der Waals surface area (Å²) in [6.07, 6.45) is 0. The second kappa shape index (κ2) is 10.7. The molecule has 0 fully saturated rings. The molecule has 0 unspecified atom stereocenters. The molecular weight excluding hydrogens is 436 g/mol. The van der Waals surface area contributed by atoms with Gasteiger partial charge in [0.05, 0.1) is 25.5 Å². The third-order valence-electron chi connectivity index (χ3n) is 4.86. The van der Waals surface area contributed by atoms with Crippen molar-refractivity contribution < 1.29 is 14.3 Å². The molecule has 0 aliphatic carbocycles. The van der Waals surface area contributed by atoms with Crippen LogP contribution in [0.4, 0.5) is 11.5 Å². The van der Waals surface area contributed by atoms with Crippen molar-refractivity contribution in [2.45, 2.75) is 11.7 Å². The van der Waals surface area contributed by atoms with Gasteiger partial charge in [0.2, 0.25) is 5.91 Å². The van der Waals surface area contributed by atoms with E-state index in [4.69, 9.17) is 9.47 Å². The Morgan fingerprint density at radius 1 is 0.909 bits per heavy atom. The Hall–Kier alpha value is -3.78. The van der Waals surface area contributed by atoms with Gasteiger partial charge in [0.1, 0.15) is 17.3 Å². The molecule has 0 aliphatic rings. The zero-order valence-corrected chi connectivity index (χ0v) is 19.2. The van der Waals surface area contributed by atoms with Gasteiger partial charge in [0.25, 0.3) is 0 Å². The van der Waals surface area contributed by atoms with Gasteiger partial charge in [-0.2, -0.15) is 0 Å². The fourth-order valence-electron chi connectivity index (χ4n) is 3.21. The van der Waals surface area contributed by atoms with Gasteiger partial charge >= 0.3 is 0 Å². The van der Waals surface area contributed by atoms with Crippen molar-refractivity contribution in [2.24, 2.45) is 0 Å². The number of amides is 1. The van der Waals surface area contributed by atoms with Crippen LogP contribution in [0, 0.1) is 0 Å². The zero-order valence-electron chi connectivity index (χ0n) is 18.4. The molecule has 0 radical (unpaired) electrons. The second-order valence-corrected chi connectivity index (χ2v) is 8.09. The predicted molar refractivity (Wildman–Crippen MR) is 131 cm³/mol. The third kappa shape index (κ3) is 5.93. The van der Waals surface area contributed by atoms with Gasteiger partial charge in [-0.3, -0.25) is 4.79 Å². The summed E-state index contributed by atoms with van der Waals surface area (Å²) < 4.78 is 10.7. The normalized spacial score (nSPS) is 10.6. The van der Waals surface area contributed by atoms with Crippen molar-refractivity contribution in [1.82, 2.24) is 15.3 Å². The number of methoxy groups -OCH3 is 2. The molecule has 0 atom stereocenters.